The Morgan fingerprint density at radius 2 is 1.15 bits per heavy atom. The maximum Gasteiger partial charge on any atom is 0.255 e. The lowest BCUT2D eigenvalue weighted by Gasteiger charge is -2.14. The standard InChI is InChI=1S/C25H32Br2N2O4/c1-16(2)14-32-22-8-6-18(26)12-20(22)24(30)28-10-5-11-29-25(31)21-13-19(27)7-9-23(21)33-15-17(3)4/h6-9,12-13,16-17H,5,10-11,14-15H2,1-4H3,(H,28,30)(H,29,31). The lowest BCUT2D eigenvalue weighted by atomic mass is 10.1. The van der Waals surface area contributed by atoms with Gasteiger partial charge in [-0.1, -0.05) is 59.6 Å². The highest BCUT2D eigenvalue weighted by atomic mass is 79.9. The smallest absolute Gasteiger partial charge is 0.255 e. The summed E-state index contributed by atoms with van der Waals surface area (Å²) in [5, 5.41) is 5.80. The van der Waals surface area contributed by atoms with Crippen LogP contribution in [-0.4, -0.2) is 38.1 Å². The number of benzene rings is 2. The van der Waals surface area contributed by atoms with Gasteiger partial charge in [0.05, 0.1) is 24.3 Å². The molecule has 0 bridgehead atoms. The molecule has 8 heteroatoms. The first-order chi connectivity index (χ1) is 15.7. The van der Waals surface area contributed by atoms with Crippen LogP contribution in [0.1, 0.15) is 54.8 Å². The van der Waals surface area contributed by atoms with Crippen LogP contribution in [0.3, 0.4) is 0 Å². The molecular formula is C25H32Br2N2O4. The van der Waals surface area contributed by atoms with Gasteiger partial charge in [0.15, 0.2) is 0 Å². The van der Waals surface area contributed by atoms with E-state index in [0.717, 1.165) is 8.95 Å². The molecule has 2 N–H and O–H groups in total. The zero-order chi connectivity index (χ0) is 24.4. The van der Waals surface area contributed by atoms with Crippen molar-refractivity contribution in [1.82, 2.24) is 10.6 Å². The fourth-order valence-corrected chi connectivity index (χ4v) is 3.53. The second-order valence-corrected chi connectivity index (χ2v) is 10.4. The maximum absolute atomic E-state index is 12.7. The molecule has 0 aliphatic rings. The van der Waals surface area contributed by atoms with Gasteiger partial charge in [0.1, 0.15) is 11.5 Å². The molecule has 33 heavy (non-hydrogen) atoms. The van der Waals surface area contributed by atoms with Crippen LogP contribution >= 0.6 is 31.9 Å². The summed E-state index contributed by atoms with van der Waals surface area (Å²) in [7, 11) is 0. The quantitative estimate of drug-likeness (QED) is 0.308. The highest BCUT2D eigenvalue weighted by Crippen LogP contribution is 2.25. The summed E-state index contributed by atoms with van der Waals surface area (Å²) in [6, 6.07) is 10.8. The molecule has 0 aliphatic carbocycles. The van der Waals surface area contributed by atoms with Crippen LogP contribution in [0, 0.1) is 11.8 Å². The third-order valence-corrected chi connectivity index (χ3v) is 5.43. The monoisotopic (exact) mass is 582 g/mol. The molecule has 2 aromatic carbocycles. The Hall–Kier alpha value is -2.06. The number of ether oxygens (including phenoxy) is 2. The Labute approximate surface area is 213 Å². The summed E-state index contributed by atoms with van der Waals surface area (Å²) < 4.78 is 13.2. The number of amides is 2. The molecule has 0 aliphatic heterocycles. The molecule has 0 radical (unpaired) electrons. The summed E-state index contributed by atoms with van der Waals surface area (Å²) in [6.45, 7) is 10.1. The van der Waals surface area contributed by atoms with Crippen molar-refractivity contribution in [3.8, 4) is 11.5 Å². The summed E-state index contributed by atoms with van der Waals surface area (Å²) in [6.07, 6.45) is 0.587. The van der Waals surface area contributed by atoms with E-state index in [9.17, 15) is 9.59 Å². The molecule has 6 nitrogen and oxygen atoms in total. The highest BCUT2D eigenvalue weighted by molar-refractivity contribution is 9.10. The lowest BCUT2D eigenvalue weighted by molar-refractivity contribution is 0.0947. The van der Waals surface area contributed by atoms with Gasteiger partial charge < -0.3 is 20.1 Å². The van der Waals surface area contributed by atoms with E-state index in [1.807, 2.05) is 12.1 Å². The van der Waals surface area contributed by atoms with Crippen LogP contribution in [-0.2, 0) is 0 Å². The molecule has 0 saturated heterocycles. The molecule has 0 fully saturated rings. The van der Waals surface area contributed by atoms with E-state index in [1.54, 1.807) is 24.3 Å². The van der Waals surface area contributed by atoms with Crippen molar-refractivity contribution >= 4 is 43.7 Å². The van der Waals surface area contributed by atoms with Crippen LogP contribution in [0.5, 0.6) is 11.5 Å². The third kappa shape index (κ3) is 9.37. The Morgan fingerprint density at radius 1 is 0.758 bits per heavy atom. The average Bonchev–Trinajstić information content (AvgIpc) is 2.76. The van der Waals surface area contributed by atoms with Crippen LogP contribution in [0.25, 0.3) is 0 Å². The molecule has 0 saturated carbocycles. The SMILES string of the molecule is CC(C)COc1ccc(Br)cc1C(=O)NCCCNC(=O)c1cc(Br)ccc1OCC(C)C. The minimum Gasteiger partial charge on any atom is -0.492 e. The van der Waals surface area contributed by atoms with Crippen LogP contribution in [0.15, 0.2) is 45.3 Å². The summed E-state index contributed by atoms with van der Waals surface area (Å²) in [4.78, 5) is 25.3. The maximum atomic E-state index is 12.7. The van der Waals surface area contributed by atoms with Gasteiger partial charge in [-0.3, -0.25) is 9.59 Å². The van der Waals surface area contributed by atoms with E-state index in [1.165, 1.54) is 0 Å². The van der Waals surface area contributed by atoms with Gasteiger partial charge >= 0.3 is 0 Å². The number of rotatable bonds is 12. The Bertz CT molecular complexity index is 872. The van der Waals surface area contributed by atoms with Crippen molar-refractivity contribution in [2.45, 2.75) is 34.1 Å². The first-order valence-corrected chi connectivity index (χ1v) is 12.7. The van der Waals surface area contributed by atoms with E-state index in [2.05, 4.69) is 70.2 Å². The predicted octanol–water partition coefficient (Wildman–Crippen LogP) is 5.83. The van der Waals surface area contributed by atoms with Gasteiger partial charge in [-0.2, -0.15) is 0 Å². The van der Waals surface area contributed by atoms with E-state index >= 15 is 0 Å². The molecule has 0 heterocycles. The minimum atomic E-state index is -0.210. The minimum absolute atomic E-state index is 0.210. The van der Waals surface area contributed by atoms with E-state index in [-0.39, 0.29) is 11.8 Å². The van der Waals surface area contributed by atoms with Gasteiger partial charge in [-0.25, -0.2) is 0 Å². The van der Waals surface area contributed by atoms with Gasteiger partial charge in [0, 0.05) is 22.0 Å². The largest absolute Gasteiger partial charge is 0.492 e. The third-order valence-electron chi connectivity index (χ3n) is 4.44. The molecular weight excluding hydrogens is 552 g/mol. The van der Waals surface area contributed by atoms with E-state index < -0.39 is 0 Å². The number of halogens is 2. The van der Waals surface area contributed by atoms with Crippen LogP contribution in [0.2, 0.25) is 0 Å². The van der Waals surface area contributed by atoms with Crippen molar-refractivity contribution in [2.24, 2.45) is 11.8 Å². The van der Waals surface area contributed by atoms with Gasteiger partial charge in [-0.05, 0) is 54.7 Å². The van der Waals surface area contributed by atoms with Crippen molar-refractivity contribution in [3.05, 3.63) is 56.5 Å². The normalized spacial score (nSPS) is 10.9. The number of hydrogen-bond acceptors (Lipinski definition) is 4. The van der Waals surface area contributed by atoms with Crippen molar-refractivity contribution in [3.63, 3.8) is 0 Å². The molecule has 0 aromatic heterocycles. The molecule has 180 valence electrons. The Morgan fingerprint density at radius 3 is 1.52 bits per heavy atom. The summed E-state index contributed by atoms with van der Waals surface area (Å²) >= 11 is 6.82. The van der Waals surface area contributed by atoms with Gasteiger partial charge in [0.25, 0.3) is 11.8 Å². The van der Waals surface area contributed by atoms with E-state index in [4.69, 9.17) is 9.47 Å². The fraction of sp³-hybridized carbons (Fsp3) is 0.440. The topological polar surface area (TPSA) is 76.7 Å². The first kappa shape index (κ1) is 27.2. The van der Waals surface area contributed by atoms with Crippen molar-refractivity contribution in [1.29, 1.82) is 0 Å². The number of nitrogens with one attached hydrogen (secondary N) is 2. The van der Waals surface area contributed by atoms with Crippen LogP contribution in [0.4, 0.5) is 0 Å². The van der Waals surface area contributed by atoms with Crippen molar-refractivity contribution < 1.29 is 19.1 Å². The van der Waals surface area contributed by atoms with Gasteiger partial charge in [-0.15, -0.1) is 0 Å². The molecule has 0 spiro atoms. The average molecular weight is 584 g/mol. The number of carbonyl (C=O) groups is 2. The molecule has 0 unspecified atom stereocenters. The zero-order valence-corrected chi connectivity index (χ0v) is 22.7. The second kappa shape index (κ2) is 13.6. The lowest BCUT2D eigenvalue weighted by Crippen LogP contribution is -2.30. The van der Waals surface area contributed by atoms with Crippen LogP contribution < -0.4 is 20.1 Å². The molecule has 2 amide bonds. The Balaban J connectivity index is 1.86. The molecule has 2 rings (SSSR count). The summed E-state index contributed by atoms with van der Waals surface area (Å²) in [5.74, 6) is 1.41. The molecule has 0 atom stereocenters. The fourth-order valence-electron chi connectivity index (χ4n) is 2.81. The zero-order valence-electron chi connectivity index (χ0n) is 19.5. The summed E-state index contributed by atoms with van der Waals surface area (Å²) in [5.41, 5.74) is 0.963. The number of carbonyl (C=O) groups excluding carboxylic acids is 2. The highest BCUT2D eigenvalue weighted by Gasteiger charge is 2.15. The van der Waals surface area contributed by atoms with Gasteiger partial charge in [0.2, 0.25) is 0 Å². The Kier molecular flexibility index (Phi) is 11.2. The predicted molar refractivity (Wildman–Crippen MR) is 138 cm³/mol. The van der Waals surface area contributed by atoms with Crippen molar-refractivity contribution in [2.75, 3.05) is 26.3 Å². The second-order valence-electron chi connectivity index (χ2n) is 8.56. The van der Waals surface area contributed by atoms with E-state index in [0.29, 0.717) is 67.2 Å². The number of hydrogen-bond donors (Lipinski definition) is 2. The molecule has 2 aromatic rings. The first-order valence-electron chi connectivity index (χ1n) is 11.1.